The molecule has 106 valence electrons. The second-order valence-corrected chi connectivity index (χ2v) is 5.79. The molecular weight excluding hydrogens is 258 g/mol. The Kier molecular flexibility index (Phi) is 5.99. The van der Waals surface area contributed by atoms with Crippen LogP contribution in [0.1, 0.15) is 44.1 Å². The van der Waals surface area contributed by atoms with Gasteiger partial charge in [-0.25, -0.2) is 0 Å². The normalized spacial score (nSPS) is 14.6. The van der Waals surface area contributed by atoms with Gasteiger partial charge in [-0.3, -0.25) is 0 Å². The van der Waals surface area contributed by atoms with Crippen molar-refractivity contribution in [2.45, 2.75) is 51.0 Å². The maximum atomic E-state index is 6.03. The van der Waals surface area contributed by atoms with Crippen molar-refractivity contribution in [3.8, 4) is 5.75 Å². The van der Waals surface area contributed by atoms with Crippen molar-refractivity contribution in [2.75, 3.05) is 13.7 Å². The summed E-state index contributed by atoms with van der Waals surface area (Å²) in [6.07, 6.45) is 8.91. The summed E-state index contributed by atoms with van der Waals surface area (Å²) >= 11 is 6.03. The number of hydrogen-bond acceptors (Lipinski definition) is 2. The molecule has 1 saturated carbocycles. The monoisotopic (exact) mass is 281 g/mol. The lowest BCUT2D eigenvalue weighted by atomic mass is 10.1. The van der Waals surface area contributed by atoms with Crippen LogP contribution in [-0.2, 0) is 6.42 Å². The van der Waals surface area contributed by atoms with Crippen LogP contribution in [0.5, 0.6) is 5.75 Å². The van der Waals surface area contributed by atoms with E-state index in [4.69, 9.17) is 16.3 Å². The van der Waals surface area contributed by atoms with E-state index in [0.29, 0.717) is 0 Å². The summed E-state index contributed by atoms with van der Waals surface area (Å²) in [7, 11) is 1.72. The summed E-state index contributed by atoms with van der Waals surface area (Å²) in [6.45, 7) is 1.19. The largest absolute Gasteiger partial charge is 0.496 e. The number of ether oxygens (including phenoxy) is 1. The Morgan fingerprint density at radius 2 is 2.00 bits per heavy atom. The molecule has 0 heterocycles. The van der Waals surface area contributed by atoms with Crippen molar-refractivity contribution in [3.05, 3.63) is 28.8 Å². The van der Waals surface area contributed by atoms with Gasteiger partial charge in [-0.15, -0.1) is 0 Å². The quantitative estimate of drug-likeness (QED) is 0.685. The minimum Gasteiger partial charge on any atom is -0.496 e. The number of methoxy groups -OCH3 is 1. The van der Waals surface area contributed by atoms with Crippen molar-refractivity contribution in [3.63, 3.8) is 0 Å². The van der Waals surface area contributed by atoms with E-state index in [9.17, 15) is 0 Å². The van der Waals surface area contributed by atoms with E-state index in [1.54, 1.807) is 7.11 Å². The smallest absolute Gasteiger partial charge is 0.122 e. The Morgan fingerprint density at radius 3 is 2.74 bits per heavy atom. The molecule has 0 aliphatic heterocycles. The van der Waals surface area contributed by atoms with Crippen LogP contribution in [0.2, 0.25) is 5.02 Å². The van der Waals surface area contributed by atoms with Gasteiger partial charge >= 0.3 is 0 Å². The Morgan fingerprint density at radius 1 is 1.21 bits per heavy atom. The highest BCUT2D eigenvalue weighted by molar-refractivity contribution is 6.30. The molecule has 0 aromatic heterocycles. The van der Waals surface area contributed by atoms with Crippen molar-refractivity contribution in [1.29, 1.82) is 0 Å². The number of halogens is 1. The lowest BCUT2D eigenvalue weighted by Gasteiger charge is -2.09. The van der Waals surface area contributed by atoms with Gasteiger partial charge in [0, 0.05) is 11.1 Å². The van der Waals surface area contributed by atoms with E-state index in [2.05, 4.69) is 5.32 Å². The molecule has 1 aromatic rings. The van der Waals surface area contributed by atoms with Gasteiger partial charge in [0.1, 0.15) is 5.75 Å². The molecule has 0 amide bonds. The first kappa shape index (κ1) is 14.7. The lowest BCUT2D eigenvalue weighted by Crippen LogP contribution is -2.17. The van der Waals surface area contributed by atoms with E-state index in [0.717, 1.165) is 23.2 Å². The molecule has 1 aliphatic carbocycles. The second-order valence-electron chi connectivity index (χ2n) is 5.35. The van der Waals surface area contributed by atoms with Gasteiger partial charge in [-0.05, 0) is 62.4 Å². The predicted molar refractivity (Wildman–Crippen MR) is 81.2 cm³/mol. The first-order valence-electron chi connectivity index (χ1n) is 7.35. The average Bonchev–Trinajstić information content (AvgIpc) is 3.22. The lowest BCUT2D eigenvalue weighted by molar-refractivity contribution is 0.408. The summed E-state index contributed by atoms with van der Waals surface area (Å²) in [6, 6.07) is 6.70. The third-order valence-corrected chi connectivity index (χ3v) is 3.86. The molecule has 0 saturated heterocycles. The fourth-order valence-electron chi connectivity index (χ4n) is 2.33. The highest BCUT2D eigenvalue weighted by Crippen LogP contribution is 2.24. The zero-order chi connectivity index (χ0) is 13.5. The molecule has 1 aromatic carbocycles. The Hall–Kier alpha value is -0.730. The third-order valence-electron chi connectivity index (χ3n) is 3.63. The van der Waals surface area contributed by atoms with Crippen LogP contribution in [0, 0.1) is 0 Å². The second kappa shape index (κ2) is 7.76. The molecule has 1 fully saturated rings. The summed E-state index contributed by atoms with van der Waals surface area (Å²) in [5.41, 5.74) is 1.23. The minimum absolute atomic E-state index is 0.796. The zero-order valence-electron chi connectivity index (χ0n) is 11.8. The molecule has 0 spiro atoms. The summed E-state index contributed by atoms with van der Waals surface area (Å²) < 4.78 is 5.36. The first-order valence-corrected chi connectivity index (χ1v) is 7.73. The number of aryl methyl sites for hydroxylation is 1. The molecule has 1 aliphatic rings. The number of benzene rings is 1. The van der Waals surface area contributed by atoms with Crippen LogP contribution in [-0.4, -0.2) is 19.7 Å². The fraction of sp³-hybridized carbons (Fsp3) is 0.625. The van der Waals surface area contributed by atoms with Crippen LogP contribution < -0.4 is 10.1 Å². The maximum Gasteiger partial charge on any atom is 0.122 e. The Bertz CT molecular complexity index is 390. The van der Waals surface area contributed by atoms with Crippen LogP contribution >= 0.6 is 11.6 Å². The van der Waals surface area contributed by atoms with Crippen molar-refractivity contribution in [1.82, 2.24) is 5.32 Å². The topological polar surface area (TPSA) is 21.3 Å². The molecule has 0 bridgehead atoms. The summed E-state index contributed by atoms with van der Waals surface area (Å²) in [4.78, 5) is 0. The SMILES string of the molecule is COc1ccc(Cl)cc1CCCCCCNC1CC1. The van der Waals surface area contributed by atoms with Gasteiger partial charge in [0.05, 0.1) is 7.11 Å². The highest BCUT2D eigenvalue weighted by atomic mass is 35.5. The zero-order valence-corrected chi connectivity index (χ0v) is 12.5. The van der Waals surface area contributed by atoms with Gasteiger partial charge in [0.2, 0.25) is 0 Å². The van der Waals surface area contributed by atoms with E-state index in [-0.39, 0.29) is 0 Å². The minimum atomic E-state index is 0.796. The van der Waals surface area contributed by atoms with Gasteiger partial charge in [0.15, 0.2) is 0 Å². The molecule has 0 unspecified atom stereocenters. The van der Waals surface area contributed by atoms with E-state index in [1.165, 1.54) is 50.6 Å². The van der Waals surface area contributed by atoms with Crippen LogP contribution in [0.3, 0.4) is 0 Å². The van der Waals surface area contributed by atoms with Crippen molar-refractivity contribution >= 4 is 11.6 Å². The molecule has 2 rings (SSSR count). The molecule has 2 nitrogen and oxygen atoms in total. The molecule has 3 heteroatoms. The standard InChI is InChI=1S/C16H24ClNO/c1-19-16-10-7-14(17)12-13(16)6-4-2-3-5-11-18-15-8-9-15/h7,10,12,15,18H,2-6,8-9,11H2,1H3. The van der Waals surface area contributed by atoms with Gasteiger partial charge in [-0.2, -0.15) is 0 Å². The molecule has 0 atom stereocenters. The van der Waals surface area contributed by atoms with Crippen LogP contribution in [0.4, 0.5) is 0 Å². The summed E-state index contributed by atoms with van der Waals surface area (Å²) in [5, 5.41) is 4.35. The van der Waals surface area contributed by atoms with Crippen molar-refractivity contribution < 1.29 is 4.74 Å². The predicted octanol–water partition coefficient (Wildman–Crippen LogP) is 4.20. The number of unbranched alkanes of at least 4 members (excludes halogenated alkanes) is 3. The number of nitrogens with one attached hydrogen (secondary N) is 1. The molecule has 19 heavy (non-hydrogen) atoms. The Labute approximate surface area is 121 Å². The number of rotatable bonds is 9. The maximum absolute atomic E-state index is 6.03. The van der Waals surface area contributed by atoms with Crippen molar-refractivity contribution in [2.24, 2.45) is 0 Å². The van der Waals surface area contributed by atoms with E-state index >= 15 is 0 Å². The van der Waals surface area contributed by atoms with E-state index in [1.807, 2.05) is 18.2 Å². The first-order chi connectivity index (χ1) is 9.29. The van der Waals surface area contributed by atoms with Gasteiger partial charge in [0.25, 0.3) is 0 Å². The molecule has 1 N–H and O–H groups in total. The average molecular weight is 282 g/mol. The third kappa shape index (κ3) is 5.42. The molecule has 0 radical (unpaired) electrons. The van der Waals surface area contributed by atoms with Gasteiger partial charge in [-0.1, -0.05) is 24.4 Å². The molecular formula is C16H24ClNO. The van der Waals surface area contributed by atoms with Crippen LogP contribution in [0.25, 0.3) is 0 Å². The number of hydrogen-bond donors (Lipinski definition) is 1. The van der Waals surface area contributed by atoms with E-state index < -0.39 is 0 Å². The Balaban J connectivity index is 1.60. The van der Waals surface area contributed by atoms with Crippen LogP contribution in [0.15, 0.2) is 18.2 Å². The summed E-state index contributed by atoms with van der Waals surface area (Å²) in [5.74, 6) is 0.958. The highest BCUT2D eigenvalue weighted by Gasteiger charge is 2.19. The van der Waals surface area contributed by atoms with Gasteiger partial charge < -0.3 is 10.1 Å². The fourth-order valence-corrected chi connectivity index (χ4v) is 2.52.